The number of anilines is 1. The minimum atomic E-state index is -0.878. The Hall–Kier alpha value is -2.83. The summed E-state index contributed by atoms with van der Waals surface area (Å²) in [6.07, 6.45) is 0.413. The first-order valence-corrected chi connectivity index (χ1v) is 7.27. The zero-order valence-corrected chi connectivity index (χ0v) is 13.0. The van der Waals surface area contributed by atoms with Gasteiger partial charge in [0.25, 0.3) is 0 Å². The molecule has 0 saturated carbocycles. The predicted molar refractivity (Wildman–Crippen MR) is 85.3 cm³/mol. The van der Waals surface area contributed by atoms with Gasteiger partial charge in [-0.1, -0.05) is 6.07 Å². The summed E-state index contributed by atoms with van der Waals surface area (Å²) in [6.45, 7) is 4.02. The van der Waals surface area contributed by atoms with E-state index in [1.54, 1.807) is 18.2 Å². The van der Waals surface area contributed by atoms with Crippen molar-refractivity contribution in [2.75, 3.05) is 11.9 Å². The van der Waals surface area contributed by atoms with Crippen molar-refractivity contribution in [3.05, 3.63) is 35.7 Å². The number of aryl methyl sites for hydroxylation is 2. The highest BCUT2D eigenvalue weighted by molar-refractivity contribution is 5.89. The number of urea groups is 1. The quantitative estimate of drug-likeness (QED) is 0.710. The second kappa shape index (κ2) is 7.44. The van der Waals surface area contributed by atoms with Crippen LogP contribution >= 0.6 is 0 Å². The summed E-state index contributed by atoms with van der Waals surface area (Å²) in [6, 6.07) is 6.78. The fraction of sp³-hybridized carbons (Fsp3) is 0.312. The topological polar surface area (TPSA) is 104 Å². The number of nitrogens with one attached hydrogen (secondary N) is 2. The van der Waals surface area contributed by atoms with Crippen molar-refractivity contribution in [3.8, 4) is 11.5 Å². The number of carbonyl (C=O) groups is 2. The van der Waals surface area contributed by atoms with Crippen LogP contribution in [0, 0.1) is 13.8 Å². The third-order valence-electron chi connectivity index (χ3n) is 3.25. The Kier molecular flexibility index (Phi) is 5.35. The first kappa shape index (κ1) is 16.5. The van der Waals surface area contributed by atoms with E-state index in [-0.39, 0.29) is 12.5 Å². The molecule has 122 valence electrons. The maximum absolute atomic E-state index is 11.8. The molecule has 0 aliphatic heterocycles. The number of aromatic nitrogens is 1. The fourth-order valence-corrected chi connectivity index (χ4v) is 1.94. The van der Waals surface area contributed by atoms with Crippen LogP contribution in [-0.2, 0) is 4.79 Å². The number of oxazole rings is 1. The Bertz CT molecular complexity index is 690. The van der Waals surface area contributed by atoms with Crippen LogP contribution < -0.4 is 10.6 Å². The molecule has 3 N–H and O–H groups in total. The summed E-state index contributed by atoms with van der Waals surface area (Å²) >= 11 is 0. The van der Waals surface area contributed by atoms with Crippen LogP contribution in [0.2, 0.25) is 0 Å². The second-order valence-corrected chi connectivity index (χ2v) is 5.12. The van der Waals surface area contributed by atoms with Crippen LogP contribution in [0.3, 0.4) is 0 Å². The Morgan fingerprint density at radius 1 is 1.30 bits per heavy atom. The van der Waals surface area contributed by atoms with Gasteiger partial charge in [0, 0.05) is 24.2 Å². The summed E-state index contributed by atoms with van der Waals surface area (Å²) in [7, 11) is 0. The average molecular weight is 317 g/mol. The zero-order valence-electron chi connectivity index (χ0n) is 13.0. The van der Waals surface area contributed by atoms with Gasteiger partial charge in [-0.25, -0.2) is 9.78 Å². The van der Waals surface area contributed by atoms with Crippen molar-refractivity contribution in [1.29, 1.82) is 0 Å². The minimum absolute atomic E-state index is 0.0264. The molecule has 0 aliphatic rings. The molecular weight excluding hydrogens is 298 g/mol. The number of carboxylic acid groups (broad SMARTS) is 1. The highest BCUT2D eigenvalue weighted by Gasteiger charge is 2.09. The smallest absolute Gasteiger partial charge is 0.319 e. The number of nitrogens with zero attached hydrogens (tertiary/aromatic N) is 1. The van der Waals surface area contributed by atoms with Crippen LogP contribution in [0.4, 0.5) is 10.5 Å². The first-order chi connectivity index (χ1) is 11.0. The summed E-state index contributed by atoms with van der Waals surface area (Å²) in [4.78, 5) is 26.5. The number of aliphatic carboxylic acids is 1. The zero-order chi connectivity index (χ0) is 16.8. The molecule has 2 rings (SSSR count). The molecule has 2 amide bonds. The number of carbonyl (C=O) groups excluding carboxylic acids is 1. The number of rotatable bonds is 6. The largest absolute Gasteiger partial charge is 0.481 e. The SMILES string of the molecule is Cc1nc(-c2cccc(NC(=O)NCCCC(=O)O)c2)oc1C. The highest BCUT2D eigenvalue weighted by atomic mass is 16.4. The number of hydrogen-bond acceptors (Lipinski definition) is 4. The third kappa shape index (κ3) is 4.84. The summed E-state index contributed by atoms with van der Waals surface area (Å²) in [5.74, 6) is 0.386. The number of benzene rings is 1. The van der Waals surface area contributed by atoms with Gasteiger partial charge in [-0.3, -0.25) is 4.79 Å². The maximum Gasteiger partial charge on any atom is 0.319 e. The monoisotopic (exact) mass is 317 g/mol. The third-order valence-corrected chi connectivity index (χ3v) is 3.25. The van der Waals surface area contributed by atoms with Crippen molar-refractivity contribution >= 4 is 17.7 Å². The first-order valence-electron chi connectivity index (χ1n) is 7.27. The van der Waals surface area contributed by atoms with Gasteiger partial charge >= 0.3 is 12.0 Å². The van der Waals surface area contributed by atoms with Gasteiger partial charge in [0.1, 0.15) is 5.76 Å². The second-order valence-electron chi connectivity index (χ2n) is 5.12. The fourth-order valence-electron chi connectivity index (χ4n) is 1.94. The molecule has 0 aliphatic carbocycles. The van der Waals surface area contributed by atoms with E-state index >= 15 is 0 Å². The number of hydrogen-bond donors (Lipinski definition) is 3. The predicted octanol–water partition coefficient (Wildman–Crippen LogP) is 2.94. The lowest BCUT2D eigenvalue weighted by molar-refractivity contribution is -0.137. The molecule has 0 atom stereocenters. The van der Waals surface area contributed by atoms with E-state index in [0.717, 1.165) is 17.0 Å². The molecule has 23 heavy (non-hydrogen) atoms. The van der Waals surface area contributed by atoms with E-state index < -0.39 is 5.97 Å². The number of amides is 2. The van der Waals surface area contributed by atoms with Gasteiger partial charge in [-0.15, -0.1) is 0 Å². The molecule has 1 aromatic heterocycles. The van der Waals surface area contributed by atoms with E-state index in [1.807, 2.05) is 19.9 Å². The lowest BCUT2D eigenvalue weighted by Gasteiger charge is -2.07. The van der Waals surface area contributed by atoms with Gasteiger partial charge < -0.3 is 20.2 Å². The molecule has 7 heteroatoms. The minimum Gasteiger partial charge on any atom is -0.481 e. The summed E-state index contributed by atoms with van der Waals surface area (Å²) < 4.78 is 5.57. The normalized spacial score (nSPS) is 10.3. The van der Waals surface area contributed by atoms with Crippen molar-refractivity contribution < 1.29 is 19.1 Å². The molecule has 7 nitrogen and oxygen atoms in total. The molecule has 0 spiro atoms. The molecule has 1 heterocycles. The molecule has 0 fully saturated rings. The molecule has 1 aromatic carbocycles. The Morgan fingerprint density at radius 3 is 2.74 bits per heavy atom. The standard InChI is InChI=1S/C16H19N3O4/c1-10-11(2)23-15(18-10)12-5-3-6-13(9-12)19-16(22)17-8-4-7-14(20)21/h3,5-6,9H,4,7-8H2,1-2H3,(H,20,21)(H2,17,19,22). The lowest BCUT2D eigenvalue weighted by Crippen LogP contribution is -2.29. The Labute approximate surface area is 133 Å². The highest BCUT2D eigenvalue weighted by Crippen LogP contribution is 2.23. The van der Waals surface area contributed by atoms with E-state index in [2.05, 4.69) is 15.6 Å². The number of carboxylic acids is 1. The molecule has 0 saturated heterocycles. The van der Waals surface area contributed by atoms with Crippen molar-refractivity contribution in [2.45, 2.75) is 26.7 Å². The Morgan fingerprint density at radius 2 is 2.09 bits per heavy atom. The van der Waals surface area contributed by atoms with Gasteiger partial charge in [-0.2, -0.15) is 0 Å². The van der Waals surface area contributed by atoms with E-state index in [9.17, 15) is 9.59 Å². The van der Waals surface area contributed by atoms with Crippen LogP contribution in [0.25, 0.3) is 11.5 Å². The molecular formula is C16H19N3O4. The van der Waals surface area contributed by atoms with Crippen molar-refractivity contribution in [1.82, 2.24) is 10.3 Å². The summed E-state index contributed by atoms with van der Waals surface area (Å²) in [5, 5.41) is 13.8. The molecule has 0 bridgehead atoms. The summed E-state index contributed by atoms with van der Waals surface area (Å²) in [5.41, 5.74) is 2.20. The van der Waals surface area contributed by atoms with Gasteiger partial charge in [-0.05, 0) is 38.5 Å². The van der Waals surface area contributed by atoms with Crippen LogP contribution in [-0.4, -0.2) is 28.6 Å². The van der Waals surface area contributed by atoms with Gasteiger partial charge in [0.2, 0.25) is 5.89 Å². The van der Waals surface area contributed by atoms with Crippen molar-refractivity contribution in [3.63, 3.8) is 0 Å². The lowest BCUT2D eigenvalue weighted by atomic mass is 10.2. The molecule has 0 unspecified atom stereocenters. The van der Waals surface area contributed by atoms with E-state index in [1.165, 1.54) is 0 Å². The van der Waals surface area contributed by atoms with Gasteiger partial charge in [0.05, 0.1) is 5.69 Å². The molecule has 0 radical (unpaired) electrons. The van der Waals surface area contributed by atoms with Gasteiger partial charge in [0.15, 0.2) is 0 Å². The average Bonchev–Trinajstić information content (AvgIpc) is 2.83. The maximum atomic E-state index is 11.8. The van der Waals surface area contributed by atoms with E-state index in [0.29, 0.717) is 24.5 Å². The van der Waals surface area contributed by atoms with E-state index in [4.69, 9.17) is 9.52 Å². The molecule has 2 aromatic rings. The van der Waals surface area contributed by atoms with Crippen LogP contribution in [0.5, 0.6) is 0 Å². The van der Waals surface area contributed by atoms with Crippen LogP contribution in [0.1, 0.15) is 24.3 Å². The van der Waals surface area contributed by atoms with Crippen LogP contribution in [0.15, 0.2) is 28.7 Å². The van der Waals surface area contributed by atoms with Crippen molar-refractivity contribution in [2.24, 2.45) is 0 Å². The Balaban J connectivity index is 1.94.